The van der Waals surface area contributed by atoms with E-state index in [0.717, 1.165) is 11.3 Å². The predicted molar refractivity (Wildman–Crippen MR) is 116 cm³/mol. The number of hydrogen-bond acceptors (Lipinski definition) is 6. The topological polar surface area (TPSA) is 85.6 Å². The molecule has 0 aliphatic heterocycles. The number of aromatic nitrogens is 3. The molecule has 0 spiro atoms. The molecule has 4 aromatic rings. The van der Waals surface area contributed by atoms with Gasteiger partial charge >= 0.3 is 0 Å². The van der Waals surface area contributed by atoms with Crippen molar-refractivity contribution in [1.82, 2.24) is 14.6 Å². The molecule has 1 amide bonds. The Labute approximate surface area is 181 Å². The van der Waals surface area contributed by atoms with Crippen LogP contribution < -0.4 is 10.1 Å². The lowest BCUT2D eigenvalue weighted by atomic mass is 10.1. The maximum Gasteiger partial charge on any atom is 0.250 e. The van der Waals surface area contributed by atoms with Crippen LogP contribution in [0.3, 0.4) is 0 Å². The fourth-order valence-corrected chi connectivity index (χ4v) is 3.85. The lowest BCUT2D eigenvalue weighted by Gasteiger charge is -2.03. The molecule has 0 saturated carbocycles. The van der Waals surface area contributed by atoms with Crippen LogP contribution >= 0.6 is 22.9 Å². The number of benzene rings is 2. The minimum atomic E-state index is -0.317. The number of nitrogens with one attached hydrogen (secondary N) is 1. The van der Waals surface area contributed by atoms with Gasteiger partial charge in [-0.15, -0.1) is 16.4 Å². The summed E-state index contributed by atoms with van der Waals surface area (Å²) in [6.45, 7) is 0. The van der Waals surface area contributed by atoms with Crippen molar-refractivity contribution in [3.8, 4) is 17.0 Å². The van der Waals surface area contributed by atoms with E-state index in [0.29, 0.717) is 21.3 Å². The Morgan fingerprint density at radius 2 is 1.83 bits per heavy atom. The van der Waals surface area contributed by atoms with Gasteiger partial charge in [0.15, 0.2) is 5.78 Å². The largest absolute Gasteiger partial charge is 0.497 e. The number of fused-ring (bicyclic) bond motifs is 1. The number of rotatable bonds is 7. The van der Waals surface area contributed by atoms with E-state index in [4.69, 9.17) is 16.3 Å². The van der Waals surface area contributed by atoms with E-state index in [1.807, 2.05) is 17.5 Å². The summed E-state index contributed by atoms with van der Waals surface area (Å²) in [4.78, 5) is 29.5. The van der Waals surface area contributed by atoms with Gasteiger partial charge in [-0.1, -0.05) is 23.7 Å². The standard InChI is InChI=1S/C21H17ClN4O3S/c1-29-16-8-4-14(5-9-16)18(27)10-11-19(28)23-20-24-21-26(25-20)17(12-30-21)13-2-6-15(22)7-3-13/h2-9,12H,10-11H2,1H3,(H,23,25,28). The molecular weight excluding hydrogens is 424 g/mol. The van der Waals surface area contributed by atoms with Crippen LogP contribution in [0.5, 0.6) is 5.75 Å². The number of hydrogen-bond donors (Lipinski definition) is 1. The SMILES string of the molecule is COc1ccc(C(=O)CCC(=O)Nc2nc3scc(-c4ccc(Cl)cc4)n3n2)cc1. The van der Waals surface area contributed by atoms with Crippen molar-refractivity contribution in [1.29, 1.82) is 0 Å². The molecule has 152 valence electrons. The summed E-state index contributed by atoms with van der Waals surface area (Å²) >= 11 is 7.37. The van der Waals surface area contributed by atoms with Crippen LogP contribution in [0.15, 0.2) is 53.9 Å². The summed E-state index contributed by atoms with van der Waals surface area (Å²) in [5.74, 6) is 0.451. The smallest absolute Gasteiger partial charge is 0.250 e. The number of ketones is 1. The molecule has 0 saturated heterocycles. The fourth-order valence-electron chi connectivity index (χ4n) is 2.89. The van der Waals surface area contributed by atoms with Gasteiger partial charge in [-0.3, -0.25) is 14.9 Å². The first kappa shape index (κ1) is 20.1. The predicted octanol–water partition coefficient (Wildman–Crippen LogP) is 4.72. The molecule has 30 heavy (non-hydrogen) atoms. The summed E-state index contributed by atoms with van der Waals surface area (Å²) in [5.41, 5.74) is 2.34. The third kappa shape index (κ3) is 4.34. The van der Waals surface area contributed by atoms with Gasteiger partial charge in [-0.05, 0) is 36.4 Å². The molecular formula is C21H17ClN4O3S. The minimum absolute atomic E-state index is 0.0434. The number of anilines is 1. The van der Waals surface area contributed by atoms with E-state index >= 15 is 0 Å². The molecule has 2 aromatic heterocycles. The monoisotopic (exact) mass is 440 g/mol. The Morgan fingerprint density at radius 3 is 2.53 bits per heavy atom. The number of amides is 1. The molecule has 4 rings (SSSR count). The Bertz CT molecular complexity index is 1200. The molecule has 2 heterocycles. The van der Waals surface area contributed by atoms with E-state index in [2.05, 4.69) is 15.4 Å². The first-order chi connectivity index (χ1) is 14.5. The second kappa shape index (κ2) is 8.64. The average molecular weight is 441 g/mol. The third-order valence-corrected chi connectivity index (χ3v) is 5.53. The van der Waals surface area contributed by atoms with Crippen molar-refractivity contribution in [3.63, 3.8) is 0 Å². The quantitative estimate of drug-likeness (QED) is 0.420. The van der Waals surface area contributed by atoms with Crippen molar-refractivity contribution in [2.24, 2.45) is 0 Å². The molecule has 0 atom stereocenters. The molecule has 9 heteroatoms. The van der Waals surface area contributed by atoms with Crippen molar-refractivity contribution in [3.05, 3.63) is 64.5 Å². The summed E-state index contributed by atoms with van der Waals surface area (Å²) < 4.78 is 6.75. The number of halogens is 1. The summed E-state index contributed by atoms with van der Waals surface area (Å²) in [7, 11) is 1.56. The molecule has 0 aliphatic carbocycles. The molecule has 0 unspecified atom stereocenters. The highest BCUT2D eigenvalue weighted by atomic mass is 35.5. The minimum Gasteiger partial charge on any atom is -0.497 e. The van der Waals surface area contributed by atoms with Crippen LogP contribution in [0.1, 0.15) is 23.2 Å². The van der Waals surface area contributed by atoms with Crippen LogP contribution in [-0.2, 0) is 4.79 Å². The van der Waals surface area contributed by atoms with Crippen molar-refractivity contribution < 1.29 is 14.3 Å². The Morgan fingerprint density at radius 1 is 1.10 bits per heavy atom. The van der Waals surface area contributed by atoms with Crippen LogP contribution in [0.2, 0.25) is 5.02 Å². The highest BCUT2D eigenvalue weighted by molar-refractivity contribution is 7.15. The number of ether oxygens (including phenoxy) is 1. The Kier molecular flexibility index (Phi) is 5.78. The van der Waals surface area contributed by atoms with Gasteiger partial charge < -0.3 is 4.74 Å². The molecule has 7 nitrogen and oxygen atoms in total. The van der Waals surface area contributed by atoms with Gasteiger partial charge in [0.2, 0.25) is 16.8 Å². The van der Waals surface area contributed by atoms with Crippen LogP contribution in [-0.4, -0.2) is 33.4 Å². The number of carbonyl (C=O) groups is 2. The van der Waals surface area contributed by atoms with Gasteiger partial charge in [-0.2, -0.15) is 4.98 Å². The second-order valence-corrected chi connectivity index (χ2v) is 7.73. The highest BCUT2D eigenvalue weighted by Crippen LogP contribution is 2.27. The lowest BCUT2D eigenvalue weighted by molar-refractivity contribution is -0.116. The van der Waals surface area contributed by atoms with Gasteiger partial charge in [0, 0.05) is 34.4 Å². The molecule has 0 radical (unpaired) electrons. The van der Waals surface area contributed by atoms with E-state index in [9.17, 15) is 9.59 Å². The van der Waals surface area contributed by atoms with Crippen molar-refractivity contribution >= 4 is 45.5 Å². The van der Waals surface area contributed by atoms with Crippen LogP contribution in [0.4, 0.5) is 5.95 Å². The van der Waals surface area contributed by atoms with Gasteiger partial charge in [0.25, 0.3) is 0 Å². The first-order valence-corrected chi connectivity index (χ1v) is 10.4. The Balaban J connectivity index is 1.39. The van der Waals surface area contributed by atoms with E-state index < -0.39 is 0 Å². The normalized spacial score (nSPS) is 10.9. The zero-order valence-corrected chi connectivity index (χ0v) is 17.5. The van der Waals surface area contributed by atoms with E-state index in [1.165, 1.54) is 11.3 Å². The van der Waals surface area contributed by atoms with Gasteiger partial charge in [0.1, 0.15) is 5.75 Å². The zero-order valence-electron chi connectivity index (χ0n) is 16.0. The second-order valence-electron chi connectivity index (χ2n) is 6.46. The van der Waals surface area contributed by atoms with Crippen molar-refractivity contribution in [2.45, 2.75) is 12.8 Å². The van der Waals surface area contributed by atoms with E-state index in [-0.39, 0.29) is 30.5 Å². The summed E-state index contributed by atoms with van der Waals surface area (Å²) in [6, 6.07) is 14.2. The summed E-state index contributed by atoms with van der Waals surface area (Å²) in [6.07, 6.45) is 0.137. The zero-order chi connectivity index (χ0) is 21.1. The Hall–Kier alpha value is -3.23. The first-order valence-electron chi connectivity index (χ1n) is 9.11. The van der Waals surface area contributed by atoms with Gasteiger partial charge in [0.05, 0.1) is 12.8 Å². The molecule has 1 N–H and O–H groups in total. The summed E-state index contributed by atoms with van der Waals surface area (Å²) in [5, 5.41) is 9.63. The number of carbonyl (C=O) groups excluding carboxylic acids is 2. The van der Waals surface area contributed by atoms with Gasteiger partial charge in [-0.25, -0.2) is 4.52 Å². The molecule has 0 fully saturated rings. The number of methoxy groups -OCH3 is 1. The maximum absolute atomic E-state index is 12.3. The highest BCUT2D eigenvalue weighted by Gasteiger charge is 2.15. The molecule has 0 aliphatic rings. The number of nitrogens with zero attached hydrogens (tertiary/aromatic N) is 3. The lowest BCUT2D eigenvalue weighted by Crippen LogP contribution is -2.14. The molecule has 2 aromatic carbocycles. The average Bonchev–Trinajstić information content (AvgIpc) is 3.33. The maximum atomic E-state index is 12.3. The molecule has 0 bridgehead atoms. The van der Waals surface area contributed by atoms with Crippen molar-refractivity contribution in [2.75, 3.05) is 12.4 Å². The van der Waals surface area contributed by atoms with Crippen LogP contribution in [0.25, 0.3) is 16.2 Å². The third-order valence-electron chi connectivity index (χ3n) is 4.46. The number of Topliss-reactive ketones (excluding diaryl/α,β-unsaturated/α-hetero) is 1. The van der Waals surface area contributed by atoms with Crippen LogP contribution in [0, 0.1) is 0 Å². The van der Waals surface area contributed by atoms with E-state index in [1.54, 1.807) is 48.0 Å². The fraction of sp³-hybridized carbons (Fsp3) is 0.143. The number of thiazole rings is 1.